The van der Waals surface area contributed by atoms with Gasteiger partial charge < -0.3 is 5.32 Å². The second-order valence-electron chi connectivity index (χ2n) is 8.96. The van der Waals surface area contributed by atoms with Gasteiger partial charge in [-0.05, 0) is 37.0 Å². The van der Waals surface area contributed by atoms with E-state index in [9.17, 15) is 0 Å². The number of rotatable bonds is 3. The molecule has 3 aliphatic rings. The van der Waals surface area contributed by atoms with Crippen molar-refractivity contribution in [2.75, 3.05) is 19.6 Å². The largest absolute Gasteiger partial charge is 0.308 e. The molecule has 1 saturated heterocycles. The van der Waals surface area contributed by atoms with Gasteiger partial charge in [-0.2, -0.15) is 0 Å². The number of nitrogens with one attached hydrogen (secondary N) is 1. The topological polar surface area (TPSA) is 15.3 Å². The van der Waals surface area contributed by atoms with Crippen LogP contribution in [-0.4, -0.2) is 36.1 Å². The summed E-state index contributed by atoms with van der Waals surface area (Å²) in [6, 6.07) is 0.745. The smallest absolute Gasteiger partial charge is 0.0309 e. The molecule has 1 unspecified atom stereocenters. The lowest BCUT2D eigenvalue weighted by atomic mass is 9.77. The van der Waals surface area contributed by atoms with Gasteiger partial charge in [0.15, 0.2) is 0 Å². The predicted molar refractivity (Wildman–Crippen MR) is 90.6 cm³/mol. The van der Waals surface area contributed by atoms with E-state index in [1.165, 1.54) is 77.4 Å². The SMILES string of the molecule is CC(C)C1CNC2(CCCCC2)CN1CC1(C)CCCC1. The van der Waals surface area contributed by atoms with Gasteiger partial charge in [-0.3, -0.25) is 4.90 Å². The predicted octanol–water partition coefficient (Wildman–Crippen LogP) is 4.20. The summed E-state index contributed by atoms with van der Waals surface area (Å²) >= 11 is 0. The fraction of sp³-hybridized carbons (Fsp3) is 1.00. The Labute approximate surface area is 132 Å². The molecule has 0 aromatic rings. The Balaban J connectivity index is 1.71. The molecule has 2 nitrogen and oxygen atoms in total. The fourth-order valence-corrected chi connectivity index (χ4v) is 5.28. The molecular formula is C19H36N2. The van der Waals surface area contributed by atoms with Gasteiger partial charge in [0, 0.05) is 31.2 Å². The van der Waals surface area contributed by atoms with Gasteiger partial charge in [0.2, 0.25) is 0 Å². The number of nitrogens with zero attached hydrogens (tertiary/aromatic N) is 1. The Morgan fingerprint density at radius 1 is 1.00 bits per heavy atom. The molecule has 21 heavy (non-hydrogen) atoms. The second kappa shape index (κ2) is 6.20. The molecule has 1 aliphatic heterocycles. The van der Waals surface area contributed by atoms with Gasteiger partial charge in [0.25, 0.3) is 0 Å². The first-order chi connectivity index (χ1) is 10.0. The molecule has 0 aromatic heterocycles. The van der Waals surface area contributed by atoms with Crippen LogP contribution >= 0.6 is 0 Å². The van der Waals surface area contributed by atoms with Crippen LogP contribution in [0.5, 0.6) is 0 Å². The zero-order valence-electron chi connectivity index (χ0n) is 14.6. The van der Waals surface area contributed by atoms with E-state index >= 15 is 0 Å². The number of piperazine rings is 1. The molecule has 1 spiro atoms. The summed E-state index contributed by atoms with van der Waals surface area (Å²) in [5, 5.41) is 3.99. The molecule has 2 saturated carbocycles. The van der Waals surface area contributed by atoms with Crippen LogP contribution in [0.4, 0.5) is 0 Å². The average Bonchev–Trinajstić information content (AvgIpc) is 2.86. The first-order valence-corrected chi connectivity index (χ1v) is 9.51. The minimum absolute atomic E-state index is 0.457. The summed E-state index contributed by atoms with van der Waals surface area (Å²) in [5.74, 6) is 0.767. The molecule has 1 heterocycles. The minimum atomic E-state index is 0.457. The van der Waals surface area contributed by atoms with Crippen LogP contribution in [0.3, 0.4) is 0 Å². The fourth-order valence-electron chi connectivity index (χ4n) is 5.28. The Bertz CT molecular complexity index is 337. The molecule has 1 N–H and O–H groups in total. The van der Waals surface area contributed by atoms with E-state index in [1.807, 2.05) is 0 Å². The Morgan fingerprint density at radius 2 is 1.62 bits per heavy atom. The summed E-state index contributed by atoms with van der Waals surface area (Å²) in [5.41, 5.74) is 1.05. The molecule has 122 valence electrons. The lowest BCUT2D eigenvalue weighted by Gasteiger charge is -2.52. The number of hydrogen-bond donors (Lipinski definition) is 1. The molecule has 0 aromatic carbocycles. The summed E-state index contributed by atoms with van der Waals surface area (Å²) in [4.78, 5) is 2.90. The van der Waals surface area contributed by atoms with E-state index in [2.05, 4.69) is 31.0 Å². The molecule has 3 fully saturated rings. The van der Waals surface area contributed by atoms with Gasteiger partial charge in [0.05, 0.1) is 0 Å². The average molecular weight is 293 g/mol. The van der Waals surface area contributed by atoms with Crippen molar-refractivity contribution in [2.24, 2.45) is 11.3 Å². The summed E-state index contributed by atoms with van der Waals surface area (Å²) in [7, 11) is 0. The highest BCUT2D eigenvalue weighted by Crippen LogP contribution is 2.41. The quantitative estimate of drug-likeness (QED) is 0.838. The summed E-state index contributed by atoms with van der Waals surface area (Å²) in [6.07, 6.45) is 13.0. The van der Waals surface area contributed by atoms with Crippen molar-refractivity contribution >= 4 is 0 Å². The molecule has 2 heteroatoms. The van der Waals surface area contributed by atoms with Gasteiger partial charge >= 0.3 is 0 Å². The third kappa shape index (κ3) is 3.47. The van der Waals surface area contributed by atoms with Crippen LogP contribution in [0.1, 0.15) is 78.6 Å². The highest BCUT2D eigenvalue weighted by molar-refractivity contribution is 5.01. The summed E-state index contributed by atoms with van der Waals surface area (Å²) < 4.78 is 0. The summed E-state index contributed by atoms with van der Waals surface area (Å²) in [6.45, 7) is 11.2. The van der Waals surface area contributed by atoms with Gasteiger partial charge in [-0.25, -0.2) is 0 Å². The van der Waals surface area contributed by atoms with Crippen molar-refractivity contribution < 1.29 is 0 Å². The molecular weight excluding hydrogens is 256 g/mol. The standard InChI is InChI=1S/C19H36N2/c1-16(2)17-13-20-19(11-5-4-6-12-19)15-21(17)14-18(3)9-7-8-10-18/h16-17,20H,4-15H2,1-3H3. The van der Waals surface area contributed by atoms with E-state index in [-0.39, 0.29) is 0 Å². The maximum Gasteiger partial charge on any atom is 0.0309 e. The Hall–Kier alpha value is -0.0800. The Morgan fingerprint density at radius 3 is 2.24 bits per heavy atom. The maximum atomic E-state index is 3.99. The number of hydrogen-bond acceptors (Lipinski definition) is 2. The third-order valence-electron chi connectivity index (χ3n) is 6.64. The van der Waals surface area contributed by atoms with Gasteiger partial charge in [-0.1, -0.05) is 52.9 Å². The first kappa shape index (κ1) is 15.8. The van der Waals surface area contributed by atoms with E-state index in [0.29, 0.717) is 11.0 Å². The van der Waals surface area contributed by atoms with E-state index in [1.54, 1.807) is 0 Å². The van der Waals surface area contributed by atoms with Crippen LogP contribution in [0.25, 0.3) is 0 Å². The second-order valence-corrected chi connectivity index (χ2v) is 8.96. The van der Waals surface area contributed by atoms with Crippen molar-refractivity contribution in [1.29, 1.82) is 0 Å². The zero-order chi connectivity index (χ0) is 14.9. The zero-order valence-corrected chi connectivity index (χ0v) is 14.6. The van der Waals surface area contributed by atoms with Crippen LogP contribution in [0, 0.1) is 11.3 Å². The molecule has 2 aliphatic carbocycles. The molecule has 1 atom stereocenters. The molecule has 0 amide bonds. The lowest BCUT2D eigenvalue weighted by Crippen LogP contribution is -2.66. The Kier molecular flexibility index (Phi) is 4.66. The van der Waals surface area contributed by atoms with Crippen LogP contribution in [-0.2, 0) is 0 Å². The van der Waals surface area contributed by atoms with Crippen molar-refractivity contribution in [1.82, 2.24) is 10.2 Å². The minimum Gasteiger partial charge on any atom is -0.308 e. The van der Waals surface area contributed by atoms with Crippen molar-refractivity contribution in [3.8, 4) is 0 Å². The third-order valence-corrected chi connectivity index (χ3v) is 6.64. The van der Waals surface area contributed by atoms with Crippen molar-refractivity contribution in [3.05, 3.63) is 0 Å². The normalized spacial score (nSPS) is 32.9. The van der Waals surface area contributed by atoms with Crippen LogP contribution in [0.2, 0.25) is 0 Å². The monoisotopic (exact) mass is 292 g/mol. The molecule has 0 bridgehead atoms. The van der Waals surface area contributed by atoms with E-state index in [0.717, 1.165) is 12.0 Å². The van der Waals surface area contributed by atoms with Crippen LogP contribution < -0.4 is 5.32 Å². The maximum absolute atomic E-state index is 3.99. The molecule has 3 rings (SSSR count). The van der Waals surface area contributed by atoms with E-state index < -0.39 is 0 Å². The highest BCUT2D eigenvalue weighted by Gasteiger charge is 2.43. The first-order valence-electron chi connectivity index (χ1n) is 9.51. The van der Waals surface area contributed by atoms with Crippen LogP contribution in [0.15, 0.2) is 0 Å². The van der Waals surface area contributed by atoms with Crippen molar-refractivity contribution in [3.63, 3.8) is 0 Å². The van der Waals surface area contributed by atoms with Crippen molar-refractivity contribution in [2.45, 2.75) is 90.1 Å². The van der Waals surface area contributed by atoms with Gasteiger partial charge in [0.1, 0.15) is 0 Å². The highest BCUT2D eigenvalue weighted by atomic mass is 15.3. The molecule has 0 radical (unpaired) electrons. The lowest BCUT2D eigenvalue weighted by molar-refractivity contribution is 0.0105. The van der Waals surface area contributed by atoms with Gasteiger partial charge in [-0.15, -0.1) is 0 Å². The van der Waals surface area contributed by atoms with E-state index in [4.69, 9.17) is 0 Å².